The first-order valence-corrected chi connectivity index (χ1v) is 7.04. The molecule has 1 saturated heterocycles. The minimum atomic E-state index is 0.00181. The van der Waals surface area contributed by atoms with Gasteiger partial charge < -0.3 is 0 Å². The van der Waals surface area contributed by atoms with Crippen molar-refractivity contribution >= 4 is 29.0 Å². The van der Waals surface area contributed by atoms with Gasteiger partial charge in [0.25, 0.3) is 0 Å². The summed E-state index contributed by atoms with van der Waals surface area (Å²) < 4.78 is 0. The van der Waals surface area contributed by atoms with Gasteiger partial charge in [0.05, 0.1) is 16.1 Å². The zero-order chi connectivity index (χ0) is 13.1. The van der Waals surface area contributed by atoms with Crippen LogP contribution in [0, 0.1) is 0 Å². The zero-order valence-corrected chi connectivity index (χ0v) is 12.0. The molecule has 2 rings (SSSR count). The van der Waals surface area contributed by atoms with Crippen LogP contribution in [0.5, 0.6) is 0 Å². The third kappa shape index (κ3) is 3.25. The fourth-order valence-electron chi connectivity index (χ4n) is 2.33. The van der Waals surface area contributed by atoms with E-state index in [4.69, 9.17) is 23.2 Å². The minimum absolute atomic E-state index is 0.00181. The molecular formula is C14H17Cl2NO. The molecule has 1 aromatic carbocycles. The van der Waals surface area contributed by atoms with Gasteiger partial charge in [0.1, 0.15) is 0 Å². The van der Waals surface area contributed by atoms with Crippen LogP contribution >= 0.6 is 23.2 Å². The zero-order valence-electron chi connectivity index (χ0n) is 10.5. The van der Waals surface area contributed by atoms with Crippen molar-refractivity contribution in [3.8, 4) is 0 Å². The van der Waals surface area contributed by atoms with Crippen LogP contribution in [0.4, 0.5) is 0 Å². The molecule has 0 spiro atoms. The fourth-order valence-corrected chi connectivity index (χ4v) is 2.65. The van der Waals surface area contributed by atoms with E-state index in [9.17, 15) is 4.79 Å². The highest BCUT2D eigenvalue weighted by Crippen LogP contribution is 2.23. The maximum Gasteiger partial charge on any atom is 0.154 e. The molecule has 18 heavy (non-hydrogen) atoms. The van der Waals surface area contributed by atoms with Gasteiger partial charge in [-0.15, -0.1) is 0 Å². The number of benzene rings is 1. The quantitative estimate of drug-likeness (QED) is 0.843. The summed E-state index contributed by atoms with van der Waals surface area (Å²) in [7, 11) is 0. The van der Waals surface area contributed by atoms with Crippen molar-refractivity contribution in [3.05, 3.63) is 33.8 Å². The molecule has 1 heterocycles. The molecule has 98 valence electrons. The van der Waals surface area contributed by atoms with Gasteiger partial charge in [-0.2, -0.15) is 0 Å². The van der Waals surface area contributed by atoms with Crippen molar-refractivity contribution in [2.24, 2.45) is 0 Å². The predicted octanol–water partition coefficient (Wildman–Crippen LogP) is 3.59. The number of carbonyl (C=O) groups excluding carboxylic acids is 1. The first-order chi connectivity index (χ1) is 8.58. The third-order valence-corrected chi connectivity index (χ3v) is 4.26. The van der Waals surface area contributed by atoms with E-state index < -0.39 is 0 Å². The van der Waals surface area contributed by atoms with E-state index in [1.807, 2.05) is 13.0 Å². The molecule has 1 aliphatic rings. The second kappa shape index (κ2) is 6.05. The Morgan fingerprint density at radius 2 is 1.94 bits per heavy atom. The molecule has 0 saturated carbocycles. The summed E-state index contributed by atoms with van der Waals surface area (Å²) in [6, 6.07) is 5.39. The van der Waals surface area contributed by atoms with Crippen LogP contribution in [-0.2, 0) is 11.2 Å². The van der Waals surface area contributed by atoms with Crippen LogP contribution in [0.15, 0.2) is 18.2 Å². The minimum Gasteiger partial charge on any atom is -0.298 e. The number of carbonyl (C=O) groups is 1. The van der Waals surface area contributed by atoms with Gasteiger partial charge in [-0.05, 0) is 50.6 Å². The lowest BCUT2D eigenvalue weighted by Crippen LogP contribution is -2.37. The number of Topliss-reactive ketones (excluding diaryl/α,β-unsaturated/α-hetero) is 1. The lowest BCUT2D eigenvalue weighted by molar-refractivity contribution is -0.122. The highest BCUT2D eigenvalue weighted by Gasteiger charge is 2.23. The lowest BCUT2D eigenvalue weighted by Gasteiger charge is -2.22. The third-order valence-electron chi connectivity index (χ3n) is 3.52. The summed E-state index contributed by atoms with van der Waals surface area (Å²) in [5.41, 5.74) is 0.931. The van der Waals surface area contributed by atoms with E-state index >= 15 is 0 Å². The highest BCUT2D eigenvalue weighted by atomic mass is 35.5. The summed E-state index contributed by atoms with van der Waals surface area (Å²) in [6.45, 7) is 4.06. The van der Waals surface area contributed by atoms with E-state index in [0.717, 1.165) is 18.7 Å². The number of ketones is 1. The Kier molecular flexibility index (Phi) is 4.66. The molecule has 2 nitrogen and oxygen atoms in total. The standard InChI is InChI=1S/C14H17Cl2NO/c1-10(17-6-2-3-7-17)14(18)9-11-4-5-12(15)13(16)8-11/h4-5,8,10H,2-3,6-7,9H2,1H3. The predicted molar refractivity (Wildman–Crippen MR) is 75.4 cm³/mol. The van der Waals surface area contributed by atoms with Crippen molar-refractivity contribution in [2.75, 3.05) is 13.1 Å². The monoisotopic (exact) mass is 285 g/mol. The number of likely N-dealkylation sites (tertiary alicyclic amines) is 1. The van der Waals surface area contributed by atoms with Gasteiger partial charge in [0.15, 0.2) is 5.78 Å². The number of halogens is 2. The topological polar surface area (TPSA) is 20.3 Å². The molecule has 1 fully saturated rings. The van der Waals surface area contributed by atoms with Gasteiger partial charge in [0, 0.05) is 6.42 Å². The summed E-state index contributed by atoms with van der Waals surface area (Å²) in [5.74, 6) is 0.246. The van der Waals surface area contributed by atoms with Gasteiger partial charge in [-0.1, -0.05) is 29.3 Å². The maximum atomic E-state index is 12.2. The lowest BCUT2D eigenvalue weighted by atomic mass is 10.0. The summed E-state index contributed by atoms with van der Waals surface area (Å²) >= 11 is 11.8. The number of hydrogen-bond acceptors (Lipinski definition) is 2. The van der Waals surface area contributed by atoms with E-state index in [1.54, 1.807) is 12.1 Å². The molecule has 0 amide bonds. The van der Waals surface area contributed by atoms with Crippen LogP contribution in [0.2, 0.25) is 10.0 Å². The molecule has 1 aliphatic heterocycles. The summed E-state index contributed by atoms with van der Waals surface area (Å²) in [6.07, 6.45) is 2.82. The first-order valence-electron chi connectivity index (χ1n) is 6.28. The second-order valence-corrected chi connectivity index (χ2v) is 5.62. The fraction of sp³-hybridized carbons (Fsp3) is 0.500. The SMILES string of the molecule is CC(C(=O)Cc1ccc(Cl)c(Cl)c1)N1CCCC1. The Balaban J connectivity index is 1.99. The van der Waals surface area contributed by atoms with Gasteiger partial charge in [-0.3, -0.25) is 9.69 Å². The van der Waals surface area contributed by atoms with Crippen molar-refractivity contribution in [2.45, 2.75) is 32.2 Å². The molecule has 1 aromatic rings. The molecule has 0 aromatic heterocycles. The van der Waals surface area contributed by atoms with Crippen LogP contribution in [0.25, 0.3) is 0 Å². The van der Waals surface area contributed by atoms with Crippen LogP contribution in [0.3, 0.4) is 0 Å². The average molecular weight is 286 g/mol. The highest BCUT2D eigenvalue weighted by molar-refractivity contribution is 6.42. The van der Waals surface area contributed by atoms with Crippen molar-refractivity contribution in [1.29, 1.82) is 0 Å². The Morgan fingerprint density at radius 1 is 1.28 bits per heavy atom. The summed E-state index contributed by atoms with van der Waals surface area (Å²) in [5, 5.41) is 1.04. The first kappa shape index (κ1) is 13.9. The Bertz CT molecular complexity index is 441. The van der Waals surface area contributed by atoms with Gasteiger partial charge in [0.2, 0.25) is 0 Å². The van der Waals surface area contributed by atoms with Crippen LogP contribution in [0.1, 0.15) is 25.3 Å². The number of nitrogens with zero attached hydrogens (tertiary/aromatic N) is 1. The van der Waals surface area contributed by atoms with E-state index in [-0.39, 0.29) is 11.8 Å². The number of hydrogen-bond donors (Lipinski definition) is 0. The largest absolute Gasteiger partial charge is 0.298 e. The Labute approximate surface area is 118 Å². The van der Waals surface area contributed by atoms with Gasteiger partial charge >= 0.3 is 0 Å². The normalized spacial score (nSPS) is 17.9. The van der Waals surface area contributed by atoms with Crippen LogP contribution in [-0.4, -0.2) is 29.8 Å². The second-order valence-electron chi connectivity index (χ2n) is 4.81. The average Bonchev–Trinajstić information content (AvgIpc) is 2.86. The van der Waals surface area contributed by atoms with E-state index in [0.29, 0.717) is 16.5 Å². The molecular weight excluding hydrogens is 269 g/mol. The van der Waals surface area contributed by atoms with Crippen molar-refractivity contribution < 1.29 is 4.79 Å². The number of rotatable bonds is 4. The smallest absolute Gasteiger partial charge is 0.154 e. The molecule has 1 unspecified atom stereocenters. The van der Waals surface area contributed by atoms with Crippen LogP contribution < -0.4 is 0 Å². The van der Waals surface area contributed by atoms with E-state index in [1.165, 1.54) is 12.8 Å². The molecule has 0 bridgehead atoms. The summed E-state index contributed by atoms with van der Waals surface area (Å²) in [4.78, 5) is 14.4. The Hall–Kier alpha value is -0.570. The van der Waals surface area contributed by atoms with Crippen molar-refractivity contribution in [3.63, 3.8) is 0 Å². The molecule has 0 radical (unpaired) electrons. The molecule has 4 heteroatoms. The van der Waals surface area contributed by atoms with E-state index in [2.05, 4.69) is 4.90 Å². The molecule has 1 atom stereocenters. The molecule has 0 aliphatic carbocycles. The van der Waals surface area contributed by atoms with Crippen molar-refractivity contribution in [1.82, 2.24) is 4.90 Å². The van der Waals surface area contributed by atoms with Gasteiger partial charge in [-0.25, -0.2) is 0 Å². The Morgan fingerprint density at radius 3 is 2.56 bits per heavy atom. The molecule has 0 N–H and O–H groups in total. The maximum absolute atomic E-state index is 12.2.